The molecule has 29 heavy (non-hydrogen) atoms. The van der Waals surface area contributed by atoms with Crippen molar-refractivity contribution in [1.29, 1.82) is 0 Å². The minimum absolute atomic E-state index is 0.0129. The van der Waals surface area contributed by atoms with Crippen molar-refractivity contribution in [2.75, 3.05) is 17.9 Å². The minimum Gasteiger partial charge on any atom is -0.475 e. The second-order valence-corrected chi connectivity index (χ2v) is 8.31. The molecule has 0 aliphatic heterocycles. The Morgan fingerprint density at radius 2 is 1.76 bits per heavy atom. The summed E-state index contributed by atoms with van der Waals surface area (Å²) in [5, 5.41) is 9.06. The quantitative estimate of drug-likeness (QED) is 0.435. The monoisotopic (exact) mass is 478 g/mol. The van der Waals surface area contributed by atoms with Gasteiger partial charge in [-0.3, -0.25) is 4.72 Å². The Balaban J connectivity index is 1.90. The fraction of sp³-hybridized carbons (Fsp3) is 0.158. The molecule has 0 radical (unpaired) electrons. The third-order valence-electron chi connectivity index (χ3n) is 3.82. The molecule has 0 spiro atoms. The van der Waals surface area contributed by atoms with Crippen LogP contribution in [0, 0.1) is 0 Å². The zero-order chi connectivity index (χ0) is 20.7. The average Bonchev–Trinajstić information content (AvgIpc) is 2.72. The Bertz CT molecular complexity index is 1050. The minimum atomic E-state index is -3.91. The first-order valence-corrected chi connectivity index (χ1v) is 10.9. The summed E-state index contributed by atoms with van der Waals surface area (Å²) in [4.78, 5) is 8.18. The molecule has 0 atom stereocenters. The largest absolute Gasteiger partial charge is 0.475 e. The van der Waals surface area contributed by atoms with Crippen LogP contribution in [0.2, 0.25) is 0 Å². The van der Waals surface area contributed by atoms with Gasteiger partial charge in [0.2, 0.25) is 5.88 Å². The van der Waals surface area contributed by atoms with Crippen LogP contribution < -0.4 is 14.2 Å². The topological polar surface area (TPSA) is 113 Å². The predicted octanol–water partition coefficient (Wildman–Crippen LogP) is 2.72. The molecule has 3 rings (SSSR count). The van der Waals surface area contributed by atoms with E-state index in [1.165, 1.54) is 6.33 Å². The van der Waals surface area contributed by atoms with Gasteiger partial charge in [0.15, 0.2) is 5.82 Å². The van der Waals surface area contributed by atoms with Crippen LogP contribution in [-0.4, -0.2) is 36.7 Å². The molecule has 0 aliphatic rings. The maximum absolute atomic E-state index is 12.6. The van der Waals surface area contributed by atoms with Gasteiger partial charge in [0.25, 0.3) is 0 Å². The van der Waals surface area contributed by atoms with Crippen molar-refractivity contribution in [2.45, 2.75) is 6.54 Å². The van der Waals surface area contributed by atoms with E-state index in [-0.39, 0.29) is 31.5 Å². The standard InChI is InChI=1S/C19H19BrN4O4S/c20-16-8-6-15(7-9-16)17-18(21-13-22-19(17)28-11-10-25)24-29(26,27)23-12-14-4-2-1-3-5-14/h1-9,13,23,25H,10-12H2,(H,21,22,24). The molecular weight excluding hydrogens is 460 g/mol. The smallest absolute Gasteiger partial charge is 0.300 e. The third-order valence-corrected chi connectivity index (χ3v) is 5.33. The van der Waals surface area contributed by atoms with Gasteiger partial charge in [-0.2, -0.15) is 13.1 Å². The SMILES string of the molecule is O=S(=O)(NCc1ccccc1)Nc1ncnc(OCCO)c1-c1ccc(Br)cc1. The number of anilines is 1. The second kappa shape index (κ2) is 9.79. The molecule has 0 unspecified atom stereocenters. The number of ether oxygens (including phenoxy) is 1. The molecule has 8 nitrogen and oxygen atoms in total. The maximum Gasteiger partial charge on any atom is 0.300 e. The number of nitrogens with one attached hydrogen (secondary N) is 2. The first-order chi connectivity index (χ1) is 14.0. The molecule has 0 saturated heterocycles. The van der Waals surface area contributed by atoms with Gasteiger partial charge in [0, 0.05) is 11.0 Å². The molecule has 10 heteroatoms. The van der Waals surface area contributed by atoms with E-state index >= 15 is 0 Å². The molecule has 0 fully saturated rings. The van der Waals surface area contributed by atoms with Crippen LogP contribution in [0.1, 0.15) is 5.56 Å². The van der Waals surface area contributed by atoms with E-state index in [0.29, 0.717) is 11.1 Å². The van der Waals surface area contributed by atoms with Gasteiger partial charge in [-0.15, -0.1) is 0 Å². The highest BCUT2D eigenvalue weighted by molar-refractivity contribution is 9.10. The molecule has 3 N–H and O–H groups in total. The summed E-state index contributed by atoms with van der Waals surface area (Å²) in [5.41, 5.74) is 1.85. The Labute approximate surface area is 177 Å². The normalized spacial score (nSPS) is 11.2. The zero-order valence-electron chi connectivity index (χ0n) is 15.2. The number of aliphatic hydroxyl groups excluding tert-OH is 1. The van der Waals surface area contributed by atoms with Crippen LogP contribution in [0.15, 0.2) is 65.4 Å². The van der Waals surface area contributed by atoms with Crippen molar-refractivity contribution in [2.24, 2.45) is 0 Å². The fourth-order valence-electron chi connectivity index (χ4n) is 2.51. The van der Waals surface area contributed by atoms with Crippen molar-refractivity contribution in [3.05, 3.63) is 71.0 Å². The van der Waals surface area contributed by atoms with Crippen molar-refractivity contribution >= 4 is 32.0 Å². The van der Waals surface area contributed by atoms with Crippen LogP contribution in [0.5, 0.6) is 5.88 Å². The van der Waals surface area contributed by atoms with Gasteiger partial charge in [-0.05, 0) is 23.3 Å². The molecule has 0 bridgehead atoms. The molecule has 0 amide bonds. The lowest BCUT2D eigenvalue weighted by molar-refractivity contribution is 0.197. The molecular formula is C19H19BrN4O4S. The van der Waals surface area contributed by atoms with Crippen molar-refractivity contribution < 1.29 is 18.3 Å². The average molecular weight is 479 g/mol. The van der Waals surface area contributed by atoms with Crippen LogP contribution in [0.4, 0.5) is 5.82 Å². The number of hydrogen-bond donors (Lipinski definition) is 3. The van der Waals surface area contributed by atoms with Gasteiger partial charge in [-0.1, -0.05) is 58.4 Å². The number of nitrogens with zero attached hydrogens (tertiary/aromatic N) is 2. The third kappa shape index (κ3) is 5.97. The summed E-state index contributed by atoms with van der Waals surface area (Å²) in [5.74, 6) is 0.230. The molecule has 3 aromatic rings. The Kier molecular flexibility index (Phi) is 7.15. The van der Waals surface area contributed by atoms with E-state index < -0.39 is 10.2 Å². The summed E-state index contributed by atoms with van der Waals surface area (Å²) in [6.45, 7) is -0.0643. The van der Waals surface area contributed by atoms with Gasteiger partial charge in [0.05, 0.1) is 12.2 Å². The summed E-state index contributed by atoms with van der Waals surface area (Å²) < 4.78 is 36.4. The highest BCUT2D eigenvalue weighted by atomic mass is 79.9. The Morgan fingerprint density at radius 3 is 2.45 bits per heavy atom. The van der Waals surface area contributed by atoms with E-state index in [1.54, 1.807) is 12.1 Å². The highest BCUT2D eigenvalue weighted by Gasteiger charge is 2.19. The highest BCUT2D eigenvalue weighted by Crippen LogP contribution is 2.34. The van der Waals surface area contributed by atoms with E-state index in [0.717, 1.165) is 10.0 Å². The van der Waals surface area contributed by atoms with Gasteiger partial charge >= 0.3 is 10.2 Å². The Hall–Kier alpha value is -2.53. The van der Waals surface area contributed by atoms with E-state index in [2.05, 4.69) is 35.3 Å². The summed E-state index contributed by atoms with van der Waals surface area (Å²) in [7, 11) is -3.91. The van der Waals surface area contributed by atoms with E-state index in [4.69, 9.17) is 9.84 Å². The van der Waals surface area contributed by atoms with Gasteiger partial charge in [-0.25, -0.2) is 9.97 Å². The summed E-state index contributed by atoms with van der Waals surface area (Å²) in [6.07, 6.45) is 1.20. The second-order valence-electron chi connectivity index (χ2n) is 5.89. The molecule has 0 aliphatic carbocycles. The lowest BCUT2D eigenvalue weighted by atomic mass is 10.1. The lowest BCUT2D eigenvalue weighted by Gasteiger charge is -2.15. The summed E-state index contributed by atoms with van der Waals surface area (Å²) >= 11 is 3.37. The first-order valence-electron chi connectivity index (χ1n) is 8.64. The zero-order valence-corrected chi connectivity index (χ0v) is 17.6. The molecule has 1 heterocycles. The first kappa shape index (κ1) is 21.2. The number of benzene rings is 2. The lowest BCUT2D eigenvalue weighted by Crippen LogP contribution is -2.30. The van der Waals surface area contributed by atoms with Crippen molar-refractivity contribution in [3.8, 4) is 17.0 Å². The van der Waals surface area contributed by atoms with Crippen LogP contribution in [0.3, 0.4) is 0 Å². The number of hydrogen-bond acceptors (Lipinski definition) is 6. The van der Waals surface area contributed by atoms with Crippen LogP contribution in [0.25, 0.3) is 11.1 Å². The number of rotatable bonds is 9. The van der Waals surface area contributed by atoms with Crippen LogP contribution in [-0.2, 0) is 16.8 Å². The molecule has 0 saturated carbocycles. The van der Waals surface area contributed by atoms with Crippen LogP contribution >= 0.6 is 15.9 Å². The number of halogens is 1. The van der Waals surface area contributed by atoms with Crippen molar-refractivity contribution in [3.63, 3.8) is 0 Å². The number of aliphatic hydroxyl groups is 1. The maximum atomic E-state index is 12.6. The molecule has 1 aromatic heterocycles. The van der Waals surface area contributed by atoms with Crippen molar-refractivity contribution in [1.82, 2.24) is 14.7 Å². The molecule has 2 aromatic carbocycles. The predicted molar refractivity (Wildman–Crippen MR) is 114 cm³/mol. The van der Waals surface area contributed by atoms with Gasteiger partial charge in [0.1, 0.15) is 12.9 Å². The molecule has 152 valence electrons. The van der Waals surface area contributed by atoms with E-state index in [1.807, 2.05) is 42.5 Å². The van der Waals surface area contributed by atoms with Gasteiger partial charge < -0.3 is 9.84 Å². The summed E-state index contributed by atoms with van der Waals surface area (Å²) in [6, 6.07) is 16.3. The van der Waals surface area contributed by atoms with E-state index in [9.17, 15) is 8.42 Å². The number of aromatic nitrogens is 2. The Morgan fingerprint density at radius 1 is 1.03 bits per heavy atom. The fourth-order valence-corrected chi connectivity index (χ4v) is 3.62.